The van der Waals surface area contributed by atoms with Gasteiger partial charge in [0.15, 0.2) is 11.7 Å². The Labute approximate surface area is 127 Å². The van der Waals surface area contributed by atoms with E-state index in [1.54, 1.807) is 16.2 Å². The zero-order valence-corrected chi connectivity index (χ0v) is 12.7. The molecule has 21 heavy (non-hydrogen) atoms. The molecule has 1 aliphatic rings. The monoisotopic (exact) mass is 303 g/mol. The zero-order chi connectivity index (χ0) is 14.7. The number of rotatable bonds is 5. The first-order valence-electron chi connectivity index (χ1n) is 6.98. The third-order valence-electron chi connectivity index (χ3n) is 3.20. The average molecular weight is 303 g/mol. The Morgan fingerprint density at radius 1 is 1.43 bits per heavy atom. The number of aromatic nitrogens is 1. The summed E-state index contributed by atoms with van der Waals surface area (Å²) >= 11 is 1.59. The number of hydrogen-bond acceptors (Lipinski definition) is 5. The van der Waals surface area contributed by atoms with Crippen molar-refractivity contribution in [2.24, 2.45) is 0 Å². The van der Waals surface area contributed by atoms with E-state index < -0.39 is 0 Å². The highest BCUT2D eigenvalue weighted by Crippen LogP contribution is 2.33. The van der Waals surface area contributed by atoms with Crippen LogP contribution in [-0.4, -0.2) is 24.0 Å². The summed E-state index contributed by atoms with van der Waals surface area (Å²) in [4.78, 5) is 19.3. The number of thiazole rings is 1. The van der Waals surface area contributed by atoms with Crippen LogP contribution in [0.25, 0.3) is 0 Å². The summed E-state index contributed by atoms with van der Waals surface area (Å²) in [5.74, 6) is 0.733. The lowest BCUT2D eigenvalue weighted by atomic mass is 10.2. The first-order valence-corrected chi connectivity index (χ1v) is 7.80. The van der Waals surface area contributed by atoms with E-state index in [9.17, 15) is 4.79 Å². The lowest BCUT2D eigenvalue weighted by Crippen LogP contribution is -2.38. The quantitative estimate of drug-likeness (QED) is 0.923. The van der Waals surface area contributed by atoms with Crippen molar-refractivity contribution in [3.05, 3.63) is 35.3 Å². The van der Waals surface area contributed by atoms with E-state index in [-0.39, 0.29) is 12.5 Å². The molecule has 6 heteroatoms. The van der Waals surface area contributed by atoms with Crippen LogP contribution >= 0.6 is 11.3 Å². The van der Waals surface area contributed by atoms with Crippen molar-refractivity contribution in [1.82, 2.24) is 4.98 Å². The van der Waals surface area contributed by atoms with Crippen LogP contribution in [0.3, 0.4) is 0 Å². The molecule has 1 aromatic carbocycles. The van der Waals surface area contributed by atoms with Crippen LogP contribution in [0.4, 0.5) is 10.8 Å². The summed E-state index contributed by atoms with van der Waals surface area (Å²) < 4.78 is 5.45. The molecule has 5 nitrogen and oxygen atoms in total. The highest BCUT2D eigenvalue weighted by Gasteiger charge is 2.25. The molecule has 3 rings (SSSR count). The van der Waals surface area contributed by atoms with Gasteiger partial charge in [-0.25, -0.2) is 4.98 Å². The lowest BCUT2D eigenvalue weighted by molar-refractivity contribution is -0.121. The second-order valence-corrected chi connectivity index (χ2v) is 5.91. The zero-order valence-electron chi connectivity index (χ0n) is 11.8. The third-order valence-corrected chi connectivity index (χ3v) is 4.14. The van der Waals surface area contributed by atoms with E-state index in [1.807, 2.05) is 30.5 Å². The molecule has 0 radical (unpaired) electrons. The molecule has 0 unspecified atom stereocenters. The van der Waals surface area contributed by atoms with Gasteiger partial charge in [0.2, 0.25) is 0 Å². The molecule has 2 heterocycles. The number of hydrogen-bond donors (Lipinski definition) is 1. The summed E-state index contributed by atoms with van der Waals surface area (Å²) in [5, 5.41) is 4.17. The Balaban J connectivity index is 1.78. The highest BCUT2D eigenvalue weighted by atomic mass is 32.1. The molecule has 110 valence electrons. The van der Waals surface area contributed by atoms with Gasteiger partial charge < -0.3 is 15.0 Å². The highest BCUT2D eigenvalue weighted by molar-refractivity contribution is 7.15. The molecule has 0 atom stereocenters. The van der Waals surface area contributed by atoms with Crippen LogP contribution in [0.5, 0.6) is 5.75 Å². The first-order chi connectivity index (χ1) is 10.3. The fourth-order valence-corrected chi connectivity index (χ4v) is 3.00. The van der Waals surface area contributed by atoms with Crippen molar-refractivity contribution in [3.63, 3.8) is 0 Å². The molecular weight excluding hydrogens is 286 g/mol. The van der Waals surface area contributed by atoms with Gasteiger partial charge in [0.25, 0.3) is 5.91 Å². The number of para-hydroxylation sites is 2. The topological polar surface area (TPSA) is 54.5 Å². The fraction of sp³-hybridized carbons (Fsp3) is 0.333. The number of benzene rings is 1. The fourth-order valence-electron chi connectivity index (χ4n) is 2.18. The summed E-state index contributed by atoms with van der Waals surface area (Å²) in [6, 6.07) is 7.61. The summed E-state index contributed by atoms with van der Waals surface area (Å²) in [6.07, 6.45) is 2.89. The molecule has 0 fully saturated rings. The second kappa shape index (κ2) is 6.13. The maximum Gasteiger partial charge on any atom is 0.265 e. The Bertz CT molecular complexity index is 641. The second-order valence-electron chi connectivity index (χ2n) is 4.79. The summed E-state index contributed by atoms with van der Waals surface area (Å²) in [5.41, 5.74) is 0.824. The van der Waals surface area contributed by atoms with Crippen LogP contribution in [0.1, 0.15) is 18.2 Å². The molecule has 1 N–H and O–H groups in total. The Morgan fingerprint density at radius 2 is 2.29 bits per heavy atom. The number of carbonyl (C=O) groups is 1. The molecular formula is C15H17N3O2S. The first kappa shape index (κ1) is 13.9. The van der Waals surface area contributed by atoms with Gasteiger partial charge in [-0.1, -0.05) is 19.1 Å². The van der Waals surface area contributed by atoms with Crippen molar-refractivity contribution >= 4 is 28.1 Å². The van der Waals surface area contributed by atoms with Crippen LogP contribution in [-0.2, 0) is 11.3 Å². The maximum absolute atomic E-state index is 12.1. The summed E-state index contributed by atoms with van der Waals surface area (Å²) in [6.45, 7) is 3.65. The van der Waals surface area contributed by atoms with E-state index in [4.69, 9.17) is 4.74 Å². The Hall–Kier alpha value is -2.08. The minimum Gasteiger partial charge on any atom is -0.482 e. The molecule has 1 aromatic heterocycles. The number of ether oxygens (including phenoxy) is 1. The van der Waals surface area contributed by atoms with E-state index in [0.29, 0.717) is 6.54 Å². The number of anilines is 2. The third kappa shape index (κ3) is 3.00. The Morgan fingerprint density at radius 3 is 3.14 bits per heavy atom. The number of carbonyl (C=O) groups excluding carboxylic acids is 1. The van der Waals surface area contributed by atoms with Gasteiger partial charge in [0.1, 0.15) is 5.75 Å². The molecule has 0 saturated heterocycles. The summed E-state index contributed by atoms with van der Waals surface area (Å²) in [7, 11) is 0. The largest absolute Gasteiger partial charge is 0.482 e. The van der Waals surface area contributed by atoms with Gasteiger partial charge in [0, 0.05) is 17.6 Å². The van der Waals surface area contributed by atoms with E-state index >= 15 is 0 Å². The van der Waals surface area contributed by atoms with E-state index in [2.05, 4.69) is 17.2 Å². The number of nitrogens with one attached hydrogen (secondary N) is 1. The SMILES string of the molecule is CCCNc1ncc(CN2C(=O)COc3ccccc32)s1. The normalized spacial score (nSPS) is 13.8. The van der Waals surface area contributed by atoms with Crippen molar-refractivity contribution in [3.8, 4) is 5.75 Å². The predicted octanol–water partition coefficient (Wildman–Crippen LogP) is 2.89. The van der Waals surface area contributed by atoms with Crippen LogP contribution in [0, 0.1) is 0 Å². The Kier molecular flexibility index (Phi) is 4.06. The van der Waals surface area contributed by atoms with Crippen molar-refractivity contribution in [2.45, 2.75) is 19.9 Å². The van der Waals surface area contributed by atoms with E-state index in [1.165, 1.54) is 0 Å². The minimum atomic E-state index is -0.0230. The number of fused-ring (bicyclic) bond motifs is 1. The molecule has 2 aromatic rings. The van der Waals surface area contributed by atoms with Gasteiger partial charge in [-0.05, 0) is 18.6 Å². The van der Waals surface area contributed by atoms with Gasteiger partial charge in [-0.15, -0.1) is 11.3 Å². The average Bonchev–Trinajstić information content (AvgIpc) is 2.96. The van der Waals surface area contributed by atoms with Crippen LogP contribution in [0.15, 0.2) is 30.5 Å². The molecule has 0 aliphatic carbocycles. The smallest absolute Gasteiger partial charge is 0.265 e. The van der Waals surface area contributed by atoms with Crippen molar-refractivity contribution < 1.29 is 9.53 Å². The number of amides is 1. The van der Waals surface area contributed by atoms with E-state index in [0.717, 1.165) is 34.4 Å². The molecule has 0 bridgehead atoms. The lowest BCUT2D eigenvalue weighted by Gasteiger charge is -2.28. The number of nitrogens with zero attached hydrogens (tertiary/aromatic N) is 2. The molecule has 1 amide bonds. The molecule has 0 spiro atoms. The molecule has 0 saturated carbocycles. The van der Waals surface area contributed by atoms with Crippen molar-refractivity contribution in [1.29, 1.82) is 0 Å². The van der Waals surface area contributed by atoms with Crippen molar-refractivity contribution in [2.75, 3.05) is 23.4 Å². The van der Waals surface area contributed by atoms with Crippen LogP contribution in [0.2, 0.25) is 0 Å². The minimum absolute atomic E-state index is 0.0230. The van der Waals surface area contributed by atoms with Gasteiger partial charge in [-0.2, -0.15) is 0 Å². The maximum atomic E-state index is 12.1. The molecule has 1 aliphatic heterocycles. The van der Waals surface area contributed by atoms with Gasteiger partial charge in [0.05, 0.1) is 12.2 Å². The predicted molar refractivity (Wildman–Crippen MR) is 84.0 cm³/mol. The van der Waals surface area contributed by atoms with Gasteiger partial charge in [-0.3, -0.25) is 4.79 Å². The van der Waals surface area contributed by atoms with Crippen LogP contribution < -0.4 is 15.0 Å². The van der Waals surface area contributed by atoms with Gasteiger partial charge >= 0.3 is 0 Å². The standard InChI is InChI=1S/C15H17N3O2S/c1-2-7-16-15-17-8-11(21-15)9-18-12-5-3-4-6-13(12)20-10-14(18)19/h3-6,8H,2,7,9-10H2,1H3,(H,16,17).